The van der Waals surface area contributed by atoms with Gasteiger partial charge in [-0.05, 0) is 26.2 Å². The van der Waals surface area contributed by atoms with Crippen molar-refractivity contribution in [2.75, 3.05) is 6.61 Å². The second-order valence-corrected chi connectivity index (χ2v) is 3.20. The standard InChI is InChI=1S/C8H16N2O3/c1-6(8(11)12)9-10-7-4-2-3-5-13-7/h6-7,9-10H,2-5H2,1H3,(H,11,12)/t6-,7?/m0/s1. The van der Waals surface area contributed by atoms with E-state index in [4.69, 9.17) is 9.84 Å². The van der Waals surface area contributed by atoms with Crippen LogP contribution in [0.2, 0.25) is 0 Å². The van der Waals surface area contributed by atoms with Crippen molar-refractivity contribution in [1.82, 2.24) is 10.9 Å². The van der Waals surface area contributed by atoms with Gasteiger partial charge in [-0.25, -0.2) is 10.9 Å². The van der Waals surface area contributed by atoms with E-state index < -0.39 is 12.0 Å². The molecule has 3 N–H and O–H groups in total. The summed E-state index contributed by atoms with van der Waals surface area (Å²) in [5.74, 6) is -0.872. The summed E-state index contributed by atoms with van der Waals surface area (Å²) in [6.45, 7) is 2.33. The molecule has 1 saturated heterocycles. The quantitative estimate of drug-likeness (QED) is 0.545. The number of nitrogens with one attached hydrogen (secondary N) is 2. The topological polar surface area (TPSA) is 70.6 Å². The molecular formula is C8H16N2O3. The normalized spacial score (nSPS) is 25.5. The van der Waals surface area contributed by atoms with E-state index in [0.717, 1.165) is 25.9 Å². The average molecular weight is 188 g/mol. The smallest absolute Gasteiger partial charge is 0.321 e. The third-order valence-corrected chi connectivity index (χ3v) is 2.01. The van der Waals surface area contributed by atoms with Crippen molar-refractivity contribution in [3.05, 3.63) is 0 Å². The molecule has 1 unspecified atom stereocenters. The predicted octanol–water partition coefficient (Wildman–Crippen LogP) is 0.0803. The zero-order chi connectivity index (χ0) is 9.68. The van der Waals surface area contributed by atoms with Gasteiger partial charge in [-0.1, -0.05) is 0 Å². The van der Waals surface area contributed by atoms with E-state index in [0.29, 0.717) is 0 Å². The summed E-state index contributed by atoms with van der Waals surface area (Å²) < 4.78 is 5.34. The molecule has 0 amide bonds. The van der Waals surface area contributed by atoms with Crippen LogP contribution in [0.3, 0.4) is 0 Å². The van der Waals surface area contributed by atoms with Gasteiger partial charge < -0.3 is 9.84 Å². The van der Waals surface area contributed by atoms with Gasteiger partial charge in [-0.3, -0.25) is 4.79 Å². The fraction of sp³-hybridized carbons (Fsp3) is 0.875. The molecule has 13 heavy (non-hydrogen) atoms. The first-order valence-electron chi connectivity index (χ1n) is 4.55. The summed E-state index contributed by atoms with van der Waals surface area (Å²) in [6, 6.07) is -0.592. The molecule has 0 saturated carbocycles. The lowest BCUT2D eigenvalue weighted by Crippen LogP contribution is -2.50. The van der Waals surface area contributed by atoms with Crippen molar-refractivity contribution in [3.63, 3.8) is 0 Å². The highest BCUT2D eigenvalue weighted by Gasteiger charge is 2.15. The van der Waals surface area contributed by atoms with E-state index in [1.165, 1.54) is 0 Å². The van der Waals surface area contributed by atoms with Gasteiger partial charge in [-0.15, -0.1) is 0 Å². The molecule has 0 aromatic heterocycles. The first-order chi connectivity index (χ1) is 6.20. The van der Waals surface area contributed by atoms with Crippen LogP contribution in [0.1, 0.15) is 26.2 Å². The number of hydrogen-bond donors (Lipinski definition) is 3. The monoisotopic (exact) mass is 188 g/mol. The molecule has 2 atom stereocenters. The fourth-order valence-electron chi connectivity index (χ4n) is 1.13. The van der Waals surface area contributed by atoms with E-state index in [2.05, 4.69) is 10.9 Å². The molecule has 0 aromatic rings. The minimum Gasteiger partial charge on any atom is -0.480 e. The zero-order valence-electron chi connectivity index (χ0n) is 7.75. The summed E-state index contributed by atoms with van der Waals surface area (Å²) in [5, 5.41) is 8.57. The fourth-order valence-corrected chi connectivity index (χ4v) is 1.13. The van der Waals surface area contributed by atoms with E-state index in [1.807, 2.05) is 0 Å². The number of carbonyl (C=O) groups is 1. The van der Waals surface area contributed by atoms with Gasteiger partial charge in [0.25, 0.3) is 0 Å². The third kappa shape index (κ3) is 3.71. The minimum atomic E-state index is -0.872. The molecule has 1 rings (SSSR count). The number of hydrogen-bond acceptors (Lipinski definition) is 4. The van der Waals surface area contributed by atoms with E-state index >= 15 is 0 Å². The average Bonchev–Trinajstić information content (AvgIpc) is 2.15. The summed E-state index contributed by atoms with van der Waals surface area (Å²) in [4.78, 5) is 10.4. The van der Waals surface area contributed by atoms with Crippen LogP contribution in [0.15, 0.2) is 0 Å². The Hall–Kier alpha value is -0.650. The zero-order valence-corrected chi connectivity index (χ0v) is 7.75. The van der Waals surface area contributed by atoms with Crippen molar-refractivity contribution in [3.8, 4) is 0 Å². The van der Waals surface area contributed by atoms with Crippen molar-refractivity contribution >= 4 is 5.97 Å². The lowest BCUT2D eigenvalue weighted by molar-refractivity contribution is -0.139. The maximum atomic E-state index is 10.4. The van der Waals surface area contributed by atoms with Gasteiger partial charge in [0.2, 0.25) is 0 Å². The van der Waals surface area contributed by atoms with Crippen LogP contribution in [0, 0.1) is 0 Å². The lowest BCUT2D eigenvalue weighted by atomic mass is 10.2. The Bertz CT molecular complexity index is 169. The van der Waals surface area contributed by atoms with E-state index in [9.17, 15) is 4.79 Å². The number of rotatable bonds is 4. The molecule has 0 aliphatic carbocycles. The maximum absolute atomic E-state index is 10.4. The van der Waals surface area contributed by atoms with Crippen molar-refractivity contribution in [2.45, 2.75) is 38.5 Å². The highest BCUT2D eigenvalue weighted by molar-refractivity contribution is 5.72. The molecule has 1 fully saturated rings. The Kier molecular flexibility index (Phi) is 4.14. The predicted molar refractivity (Wildman–Crippen MR) is 47.0 cm³/mol. The highest BCUT2D eigenvalue weighted by atomic mass is 16.5. The SMILES string of the molecule is C[C@H](NNC1CCCCO1)C(=O)O. The van der Waals surface area contributed by atoms with E-state index in [1.54, 1.807) is 6.92 Å². The molecular weight excluding hydrogens is 172 g/mol. The lowest BCUT2D eigenvalue weighted by Gasteiger charge is -2.24. The van der Waals surface area contributed by atoms with Crippen molar-refractivity contribution < 1.29 is 14.6 Å². The summed E-state index contributed by atoms with van der Waals surface area (Å²) in [5.41, 5.74) is 5.53. The molecule has 0 bridgehead atoms. The molecule has 0 aromatic carbocycles. The number of hydrazine groups is 1. The first-order valence-corrected chi connectivity index (χ1v) is 4.55. The van der Waals surface area contributed by atoms with Gasteiger partial charge in [0.05, 0.1) is 0 Å². The number of aliphatic carboxylic acids is 1. The Labute approximate surface area is 77.4 Å². The van der Waals surface area contributed by atoms with Crippen LogP contribution in [0.5, 0.6) is 0 Å². The molecule has 5 nitrogen and oxygen atoms in total. The second kappa shape index (κ2) is 5.16. The van der Waals surface area contributed by atoms with Crippen LogP contribution in [-0.2, 0) is 9.53 Å². The molecule has 1 heterocycles. The van der Waals surface area contributed by atoms with Crippen molar-refractivity contribution in [2.24, 2.45) is 0 Å². The van der Waals surface area contributed by atoms with Crippen LogP contribution in [0.4, 0.5) is 0 Å². The molecule has 5 heteroatoms. The molecule has 1 aliphatic rings. The Morgan fingerprint density at radius 3 is 2.92 bits per heavy atom. The van der Waals surface area contributed by atoms with Crippen molar-refractivity contribution in [1.29, 1.82) is 0 Å². The van der Waals surface area contributed by atoms with Crippen LogP contribution in [0.25, 0.3) is 0 Å². The Morgan fingerprint density at radius 2 is 2.38 bits per heavy atom. The number of carboxylic acids is 1. The van der Waals surface area contributed by atoms with E-state index in [-0.39, 0.29) is 6.23 Å². The Balaban J connectivity index is 2.13. The third-order valence-electron chi connectivity index (χ3n) is 2.01. The van der Waals surface area contributed by atoms with Crippen LogP contribution >= 0.6 is 0 Å². The van der Waals surface area contributed by atoms with Gasteiger partial charge in [0.15, 0.2) is 0 Å². The number of ether oxygens (including phenoxy) is 1. The summed E-state index contributed by atoms with van der Waals surface area (Å²) in [7, 11) is 0. The van der Waals surface area contributed by atoms with Crippen LogP contribution < -0.4 is 10.9 Å². The first kappa shape index (κ1) is 10.4. The molecule has 76 valence electrons. The summed E-state index contributed by atoms with van der Waals surface area (Å²) in [6.07, 6.45) is 3.10. The molecule has 0 spiro atoms. The highest BCUT2D eigenvalue weighted by Crippen LogP contribution is 2.09. The molecule has 0 radical (unpaired) electrons. The summed E-state index contributed by atoms with van der Waals surface area (Å²) >= 11 is 0. The number of carboxylic acid groups (broad SMARTS) is 1. The largest absolute Gasteiger partial charge is 0.480 e. The second-order valence-electron chi connectivity index (χ2n) is 3.20. The molecule has 1 aliphatic heterocycles. The van der Waals surface area contributed by atoms with Gasteiger partial charge in [-0.2, -0.15) is 0 Å². The minimum absolute atomic E-state index is 0.0458. The van der Waals surface area contributed by atoms with Gasteiger partial charge in [0, 0.05) is 6.61 Å². The van der Waals surface area contributed by atoms with Crippen LogP contribution in [-0.4, -0.2) is 30.0 Å². The van der Waals surface area contributed by atoms with Gasteiger partial charge >= 0.3 is 5.97 Å². The maximum Gasteiger partial charge on any atom is 0.321 e. The Morgan fingerprint density at radius 1 is 1.62 bits per heavy atom. The van der Waals surface area contributed by atoms with Gasteiger partial charge in [0.1, 0.15) is 12.3 Å².